The van der Waals surface area contributed by atoms with Gasteiger partial charge in [-0.05, 0) is 25.3 Å². The van der Waals surface area contributed by atoms with Gasteiger partial charge in [0.15, 0.2) is 5.13 Å². The first-order chi connectivity index (χ1) is 11.3. The van der Waals surface area contributed by atoms with Crippen molar-refractivity contribution in [1.82, 2.24) is 19.7 Å². The summed E-state index contributed by atoms with van der Waals surface area (Å²) in [5.74, 6) is 0. The Morgan fingerprint density at radius 3 is 2.83 bits per heavy atom. The van der Waals surface area contributed by atoms with Crippen LogP contribution in [0, 0.1) is 0 Å². The van der Waals surface area contributed by atoms with Crippen molar-refractivity contribution in [3.63, 3.8) is 0 Å². The third kappa shape index (κ3) is 3.27. The third-order valence-electron chi connectivity index (χ3n) is 4.60. The Hall–Kier alpha value is -1.44. The summed E-state index contributed by atoms with van der Waals surface area (Å²) in [6.45, 7) is 6.19. The van der Waals surface area contributed by atoms with Crippen LogP contribution in [-0.2, 0) is 26.2 Å². The van der Waals surface area contributed by atoms with Gasteiger partial charge < -0.3 is 10.0 Å². The van der Waals surface area contributed by atoms with Crippen molar-refractivity contribution in [3.05, 3.63) is 28.5 Å². The summed E-state index contributed by atoms with van der Waals surface area (Å²) in [6, 6.07) is 2.03. The zero-order valence-electron chi connectivity index (χ0n) is 13.3. The first-order valence-electron chi connectivity index (χ1n) is 8.40. The smallest absolute Gasteiger partial charge is 0.185 e. The van der Waals surface area contributed by atoms with Gasteiger partial charge in [-0.15, -0.1) is 11.3 Å². The average molecular weight is 333 g/mol. The molecule has 2 aromatic rings. The summed E-state index contributed by atoms with van der Waals surface area (Å²) >= 11 is 1.83. The standard InChI is InChI=1S/C16H23N5OS/c22-12-13-8-14-10-19(4-3-7-21(14)18-13)11-15-9-17-16(23-15)20-5-1-2-6-20/h8-9,22H,1-7,10-12H2. The minimum Gasteiger partial charge on any atom is -0.390 e. The number of anilines is 1. The Labute approximate surface area is 140 Å². The Kier molecular flexibility index (Phi) is 4.33. The van der Waals surface area contributed by atoms with Crippen molar-refractivity contribution in [3.8, 4) is 0 Å². The van der Waals surface area contributed by atoms with Crippen LogP contribution in [0.4, 0.5) is 5.13 Å². The Morgan fingerprint density at radius 2 is 2.00 bits per heavy atom. The van der Waals surface area contributed by atoms with E-state index in [1.165, 1.54) is 28.5 Å². The van der Waals surface area contributed by atoms with Crippen LogP contribution in [0.2, 0.25) is 0 Å². The van der Waals surface area contributed by atoms with E-state index < -0.39 is 0 Å². The Bertz CT molecular complexity index is 661. The van der Waals surface area contributed by atoms with Gasteiger partial charge in [-0.1, -0.05) is 0 Å². The van der Waals surface area contributed by atoms with Crippen LogP contribution in [0.3, 0.4) is 0 Å². The lowest BCUT2D eigenvalue weighted by Crippen LogP contribution is -2.22. The largest absolute Gasteiger partial charge is 0.390 e. The number of hydrogen-bond donors (Lipinski definition) is 1. The van der Waals surface area contributed by atoms with Gasteiger partial charge in [-0.3, -0.25) is 9.58 Å². The van der Waals surface area contributed by atoms with E-state index in [1.54, 1.807) is 0 Å². The summed E-state index contributed by atoms with van der Waals surface area (Å²) in [5, 5.41) is 14.9. The lowest BCUT2D eigenvalue weighted by molar-refractivity contribution is 0.262. The maximum absolute atomic E-state index is 9.26. The van der Waals surface area contributed by atoms with Crippen LogP contribution in [0.1, 0.15) is 35.5 Å². The van der Waals surface area contributed by atoms with Gasteiger partial charge in [-0.2, -0.15) is 5.10 Å². The number of hydrogen-bond acceptors (Lipinski definition) is 6. The molecule has 0 bridgehead atoms. The molecule has 0 saturated carbocycles. The SMILES string of the molecule is OCc1cc2n(n1)CCCN(Cc1cnc(N3CCCC3)s1)C2. The number of aryl methyl sites for hydroxylation is 1. The fraction of sp³-hybridized carbons (Fsp3) is 0.625. The zero-order chi connectivity index (χ0) is 15.6. The van der Waals surface area contributed by atoms with E-state index in [9.17, 15) is 5.11 Å². The van der Waals surface area contributed by atoms with Crippen molar-refractivity contribution in [2.75, 3.05) is 24.5 Å². The lowest BCUT2D eigenvalue weighted by atomic mass is 10.3. The zero-order valence-corrected chi connectivity index (χ0v) is 14.1. The van der Waals surface area contributed by atoms with Gasteiger partial charge in [0.2, 0.25) is 0 Å². The highest BCUT2D eigenvalue weighted by atomic mass is 32.1. The molecule has 0 aromatic carbocycles. The van der Waals surface area contributed by atoms with Crippen LogP contribution in [-0.4, -0.2) is 44.4 Å². The molecular formula is C16H23N5OS. The van der Waals surface area contributed by atoms with Crippen molar-refractivity contribution in [2.24, 2.45) is 0 Å². The number of aromatic nitrogens is 3. The minimum atomic E-state index is 0.0219. The molecule has 2 aromatic heterocycles. The first-order valence-corrected chi connectivity index (χ1v) is 9.22. The van der Waals surface area contributed by atoms with Gasteiger partial charge in [-0.25, -0.2) is 4.98 Å². The summed E-state index contributed by atoms with van der Waals surface area (Å²) in [4.78, 5) is 10.8. The molecule has 7 heteroatoms. The molecule has 4 heterocycles. The summed E-state index contributed by atoms with van der Waals surface area (Å²) in [6.07, 6.45) is 5.72. The van der Waals surface area contributed by atoms with Crippen LogP contribution < -0.4 is 4.90 Å². The molecule has 0 spiro atoms. The van der Waals surface area contributed by atoms with Crippen molar-refractivity contribution in [1.29, 1.82) is 0 Å². The molecule has 2 aliphatic heterocycles. The predicted molar refractivity (Wildman–Crippen MR) is 90.4 cm³/mol. The minimum absolute atomic E-state index is 0.0219. The van der Waals surface area contributed by atoms with Gasteiger partial charge in [0.05, 0.1) is 18.0 Å². The van der Waals surface area contributed by atoms with E-state index in [-0.39, 0.29) is 6.61 Å². The quantitative estimate of drug-likeness (QED) is 0.925. The topological polar surface area (TPSA) is 57.4 Å². The van der Waals surface area contributed by atoms with E-state index in [2.05, 4.69) is 19.9 Å². The molecular weight excluding hydrogens is 310 g/mol. The molecule has 1 fully saturated rings. The van der Waals surface area contributed by atoms with E-state index >= 15 is 0 Å². The third-order valence-corrected chi connectivity index (χ3v) is 5.65. The highest BCUT2D eigenvalue weighted by Gasteiger charge is 2.19. The van der Waals surface area contributed by atoms with E-state index in [0.29, 0.717) is 0 Å². The maximum Gasteiger partial charge on any atom is 0.185 e. The average Bonchev–Trinajstić information content (AvgIpc) is 3.26. The maximum atomic E-state index is 9.26. The van der Waals surface area contributed by atoms with Crippen LogP contribution in [0.5, 0.6) is 0 Å². The molecule has 0 amide bonds. The molecule has 2 aliphatic rings. The summed E-state index contributed by atoms with van der Waals surface area (Å²) < 4.78 is 2.05. The van der Waals surface area contributed by atoms with Crippen LogP contribution in [0.15, 0.2) is 12.3 Å². The highest BCUT2D eigenvalue weighted by molar-refractivity contribution is 7.15. The second-order valence-electron chi connectivity index (χ2n) is 6.38. The fourth-order valence-corrected chi connectivity index (χ4v) is 4.45. The molecule has 0 atom stereocenters. The Balaban J connectivity index is 1.44. The number of nitrogens with zero attached hydrogens (tertiary/aromatic N) is 5. The predicted octanol–water partition coefficient (Wildman–Crippen LogP) is 1.84. The van der Waals surface area contributed by atoms with E-state index in [0.717, 1.165) is 51.4 Å². The van der Waals surface area contributed by atoms with Crippen molar-refractivity contribution < 1.29 is 5.11 Å². The fourth-order valence-electron chi connectivity index (χ4n) is 3.45. The number of fused-ring (bicyclic) bond motifs is 1. The molecule has 1 N–H and O–H groups in total. The monoisotopic (exact) mass is 333 g/mol. The van der Waals surface area contributed by atoms with Crippen molar-refractivity contribution >= 4 is 16.5 Å². The molecule has 0 unspecified atom stereocenters. The van der Waals surface area contributed by atoms with Crippen molar-refractivity contribution in [2.45, 2.75) is 45.5 Å². The summed E-state index contributed by atoms with van der Waals surface area (Å²) in [5.41, 5.74) is 1.98. The molecule has 124 valence electrons. The molecule has 1 saturated heterocycles. The van der Waals surface area contributed by atoms with Gasteiger partial charge in [0.1, 0.15) is 0 Å². The number of rotatable bonds is 4. The Morgan fingerprint density at radius 1 is 1.13 bits per heavy atom. The second-order valence-corrected chi connectivity index (χ2v) is 7.47. The van der Waals surface area contributed by atoms with Crippen LogP contribution >= 0.6 is 11.3 Å². The molecule has 0 aliphatic carbocycles. The van der Waals surface area contributed by atoms with Crippen LogP contribution in [0.25, 0.3) is 0 Å². The molecule has 4 rings (SSSR count). The van der Waals surface area contributed by atoms with Gasteiger partial charge in [0.25, 0.3) is 0 Å². The number of thiazole rings is 1. The highest BCUT2D eigenvalue weighted by Crippen LogP contribution is 2.27. The summed E-state index contributed by atoms with van der Waals surface area (Å²) in [7, 11) is 0. The molecule has 6 nitrogen and oxygen atoms in total. The van der Waals surface area contributed by atoms with Gasteiger partial charge >= 0.3 is 0 Å². The number of aliphatic hydroxyl groups excluding tert-OH is 1. The normalized spacial score (nSPS) is 19.1. The molecule has 0 radical (unpaired) electrons. The van der Waals surface area contributed by atoms with E-state index in [4.69, 9.17) is 0 Å². The molecule has 23 heavy (non-hydrogen) atoms. The van der Waals surface area contributed by atoms with Gasteiger partial charge in [0, 0.05) is 50.3 Å². The number of aliphatic hydroxyl groups is 1. The lowest BCUT2D eigenvalue weighted by Gasteiger charge is -2.18. The van der Waals surface area contributed by atoms with E-state index in [1.807, 2.05) is 28.3 Å². The first kappa shape index (κ1) is 15.1. The second kappa shape index (κ2) is 6.59.